The summed E-state index contributed by atoms with van der Waals surface area (Å²) in [5.74, 6) is 0.629. The lowest BCUT2D eigenvalue weighted by molar-refractivity contribution is -0.135. The number of anilines is 1. The summed E-state index contributed by atoms with van der Waals surface area (Å²) in [6, 6.07) is 14.5. The number of amides is 2. The van der Waals surface area contributed by atoms with Gasteiger partial charge in [0, 0.05) is 18.8 Å². The lowest BCUT2D eigenvalue weighted by Gasteiger charge is -2.17. The van der Waals surface area contributed by atoms with Crippen molar-refractivity contribution >= 4 is 17.5 Å². The van der Waals surface area contributed by atoms with Crippen molar-refractivity contribution in [2.24, 2.45) is 0 Å². The van der Waals surface area contributed by atoms with E-state index >= 15 is 0 Å². The molecule has 0 aliphatic carbocycles. The predicted octanol–water partition coefficient (Wildman–Crippen LogP) is 2.48. The summed E-state index contributed by atoms with van der Waals surface area (Å²) in [5.41, 5.74) is 1.81. The molecule has 0 unspecified atom stereocenters. The van der Waals surface area contributed by atoms with Gasteiger partial charge in [0.15, 0.2) is 6.61 Å². The molecule has 0 fully saturated rings. The van der Waals surface area contributed by atoms with Gasteiger partial charge in [-0.1, -0.05) is 23.8 Å². The van der Waals surface area contributed by atoms with Gasteiger partial charge in [-0.15, -0.1) is 0 Å². The van der Waals surface area contributed by atoms with Gasteiger partial charge in [-0.3, -0.25) is 9.59 Å². The number of nitrogens with zero attached hydrogens (tertiary/aromatic N) is 1. The van der Waals surface area contributed by atoms with Crippen LogP contribution in [-0.4, -0.2) is 44.0 Å². The highest BCUT2D eigenvalue weighted by Gasteiger charge is 2.14. The topological polar surface area (TPSA) is 67.9 Å². The van der Waals surface area contributed by atoms with Crippen molar-refractivity contribution in [2.45, 2.75) is 6.92 Å². The van der Waals surface area contributed by atoms with Crippen LogP contribution in [0.3, 0.4) is 0 Å². The summed E-state index contributed by atoms with van der Waals surface area (Å²) in [5, 5.41) is 2.75. The van der Waals surface area contributed by atoms with Crippen molar-refractivity contribution in [3.05, 3.63) is 54.1 Å². The molecule has 0 spiro atoms. The van der Waals surface area contributed by atoms with E-state index in [2.05, 4.69) is 5.32 Å². The molecule has 2 aromatic carbocycles. The van der Waals surface area contributed by atoms with Crippen LogP contribution < -0.4 is 14.8 Å². The predicted molar refractivity (Wildman–Crippen MR) is 95.9 cm³/mol. The van der Waals surface area contributed by atoms with Crippen LogP contribution in [0.1, 0.15) is 5.56 Å². The van der Waals surface area contributed by atoms with Crippen LogP contribution in [0, 0.1) is 6.92 Å². The van der Waals surface area contributed by atoms with E-state index in [1.54, 1.807) is 38.4 Å². The van der Waals surface area contributed by atoms with Crippen molar-refractivity contribution < 1.29 is 19.1 Å². The summed E-state index contributed by atoms with van der Waals surface area (Å²) >= 11 is 0. The first-order valence-electron chi connectivity index (χ1n) is 7.85. The van der Waals surface area contributed by atoms with E-state index in [9.17, 15) is 9.59 Å². The van der Waals surface area contributed by atoms with Crippen LogP contribution in [0.2, 0.25) is 0 Å². The minimum Gasteiger partial charge on any atom is -0.497 e. The fraction of sp³-hybridized carbons (Fsp3) is 0.263. The SMILES string of the molecule is COc1cccc(OCC(=O)N(C)CC(=O)Nc2ccc(C)cc2)c1. The molecule has 0 saturated heterocycles. The molecule has 0 radical (unpaired) electrons. The fourth-order valence-corrected chi connectivity index (χ4v) is 2.09. The average Bonchev–Trinajstić information content (AvgIpc) is 2.61. The number of hydrogen-bond acceptors (Lipinski definition) is 4. The van der Waals surface area contributed by atoms with Crippen molar-refractivity contribution in [3.63, 3.8) is 0 Å². The molecule has 2 aromatic rings. The van der Waals surface area contributed by atoms with Crippen molar-refractivity contribution in [3.8, 4) is 11.5 Å². The molecule has 25 heavy (non-hydrogen) atoms. The highest BCUT2D eigenvalue weighted by molar-refractivity contribution is 5.94. The number of benzene rings is 2. The standard InChI is InChI=1S/C19H22N2O4/c1-14-7-9-15(10-8-14)20-18(22)12-21(2)19(23)13-25-17-6-4-5-16(11-17)24-3/h4-11H,12-13H2,1-3H3,(H,20,22). The monoisotopic (exact) mass is 342 g/mol. The number of carbonyl (C=O) groups is 2. The molecule has 2 amide bonds. The van der Waals surface area contributed by atoms with Crippen LogP contribution in [0.4, 0.5) is 5.69 Å². The summed E-state index contributed by atoms with van der Waals surface area (Å²) in [4.78, 5) is 25.4. The van der Waals surface area contributed by atoms with Gasteiger partial charge < -0.3 is 19.7 Å². The molecule has 0 atom stereocenters. The number of methoxy groups -OCH3 is 1. The zero-order valence-electron chi connectivity index (χ0n) is 14.6. The molecular formula is C19H22N2O4. The number of rotatable bonds is 7. The molecule has 0 bridgehead atoms. The van der Waals surface area contributed by atoms with Gasteiger partial charge in [0.1, 0.15) is 11.5 Å². The molecule has 0 aliphatic heterocycles. The molecule has 6 nitrogen and oxygen atoms in total. The lowest BCUT2D eigenvalue weighted by atomic mass is 10.2. The maximum atomic E-state index is 12.1. The van der Waals surface area contributed by atoms with E-state index in [0.717, 1.165) is 5.56 Å². The first-order valence-corrected chi connectivity index (χ1v) is 7.85. The highest BCUT2D eigenvalue weighted by Crippen LogP contribution is 2.18. The Morgan fingerprint density at radius 1 is 1.08 bits per heavy atom. The van der Waals surface area contributed by atoms with E-state index < -0.39 is 0 Å². The molecule has 0 saturated carbocycles. The Bertz CT molecular complexity index is 728. The van der Waals surface area contributed by atoms with Crippen molar-refractivity contribution in [1.82, 2.24) is 4.90 Å². The second kappa shape index (κ2) is 8.73. The van der Waals surface area contributed by atoms with Gasteiger partial charge >= 0.3 is 0 Å². The number of likely N-dealkylation sites (N-methyl/N-ethyl adjacent to an activating group) is 1. The zero-order chi connectivity index (χ0) is 18.2. The van der Waals surface area contributed by atoms with Crippen LogP contribution >= 0.6 is 0 Å². The van der Waals surface area contributed by atoms with Gasteiger partial charge in [-0.25, -0.2) is 0 Å². The third kappa shape index (κ3) is 5.84. The van der Waals surface area contributed by atoms with Gasteiger partial charge in [0.2, 0.25) is 5.91 Å². The molecule has 0 aliphatic rings. The Kier molecular flexibility index (Phi) is 6.39. The molecule has 1 N–H and O–H groups in total. The summed E-state index contributed by atoms with van der Waals surface area (Å²) in [6.07, 6.45) is 0. The molecule has 6 heteroatoms. The molecular weight excluding hydrogens is 320 g/mol. The minimum atomic E-state index is -0.290. The summed E-state index contributed by atoms with van der Waals surface area (Å²) in [6.45, 7) is 1.77. The Morgan fingerprint density at radius 2 is 1.76 bits per heavy atom. The molecule has 132 valence electrons. The largest absolute Gasteiger partial charge is 0.497 e. The first kappa shape index (κ1) is 18.3. The molecule has 0 heterocycles. The fourth-order valence-electron chi connectivity index (χ4n) is 2.09. The van der Waals surface area contributed by atoms with Gasteiger partial charge in [-0.2, -0.15) is 0 Å². The Balaban J connectivity index is 1.80. The Hall–Kier alpha value is -3.02. The van der Waals surface area contributed by atoms with Gasteiger partial charge in [-0.05, 0) is 31.2 Å². The Labute approximate surface area is 147 Å². The average molecular weight is 342 g/mol. The van der Waals surface area contributed by atoms with Crippen LogP contribution in [0.5, 0.6) is 11.5 Å². The lowest BCUT2D eigenvalue weighted by Crippen LogP contribution is -2.37. The second-order valence-corrected chi connectivity index (χ2v) is 5.63. The Morgan fingerprint density at radius 3 is 2.44 bits per heavy atom. The zero-order valence-corrected chi connectivity index (χ0v) is 14.6. The normalized spacial score (nSPS) is 10.0. The first-order chi connectivity index (χ1) is 12.0. The van der Waals surface area contributed by atoms with Crippen LogP contribution in [0.25, 0.3) is 0 Å². The number of ether oxygens (including phenoxy) is 2. The van der Waals surface area contributed by atoms with E-state index in [1.165, 1.54) is 4.90 Å². The van der Waals surface area contributed by atoms with E-state index in [-0.39, 0.29) is 25.0 Å². The van der Waals surface area contributed by atoms with Crippen LogP contribution in [-0.2, 0) is 9.59 Å². The van der Waals surface area contributed by atoms with Crippen LogP contribution in [0.15, 0.2) is 48.5 Å². The summed E-state index contributed by atoms with van der Waals surface area (Å²) in [7, 11) is 3.12. The molecule has 0 aromatic heterocycles. The van der Waals surface area contributed by atoms with Crippen molar-refractivity contribution in [1.29, 1.82) is 0 Å². The third-order valence-electron chi connectivity index (χ3n) is 3.55. The number of nitrogens with one attached hydrogen (secondary N) is 1. The number of hydrogen-bond donors (Lipinski definition) is 1. The smallest absolute Gasteiger partial charge is 0.260 e. The quantitative estimate of drug-likeness (QED) is 0.839. The number of carbonyl (C=O) groups excluding carboxylic acids is 2. The van der Waals surface area contributed by atoms with E-state index in [1.807, 2.05) is 31.2 Å². The second-order valence-electron chi connectivity index (χ2n) is 5.63. The van der Waals surface area contributed by atoms with Crippen molar-refractivity contribution in [2.75, 3.05) is 32.6 Å². The minimum absolute atomic E-state index is 0.0474. The number of aryl methyl sites for hydroxylation is 1. The summed E-state index contributed by atoms with van der Waals surface area (Å²) < 4.78 is 10.5. The third-order valence-corrected chi connectivity index (χ3v) is 3.55. The van der Waals surface area contributed by atoms with E-state index in [4.69, 9.17) is 9.47 Å². The maximum absolute atomic E-state index is 12.1. The van der Waals surface area contributed by atoms with Gasteiger partial charge in [0.25, 0.3) is 5.91 Å². The molecule has 2 rings (SSSR count). The van der Waals surface area contributed by atoms with Gasteiger partial charge in [0.05, 0.1) is 13.7 Å². The van der Waals surface area contributed by atoms with E-state index in [0.29, 0.717) is 17.2 Å². The maximum Gasteiger partial charge on any atom is 0.260 e. The highest BCUT2D eigenvalue weighted by atomic mass is 16.5.